The molecule has 3 rings (SSSR count). The van der Waals surface area contributed by atoms with E-state index in [1.807, 2.05) is 30.3 Å². The van der Waals surface area contributed by atoms with E-state index in [2.05, 4.69) is 5.32 Å². The third-order valence-corrected chi connectivity index (χ3v) is 7.97. The summed E-state index contributed by atoms with van der Waals surface area (Å²) >= 11 is 0. The third kappa shape index (κ3) is 6.40. The van der Waals surface area contributed by atoms with E-state index in [0.717, 1.165) is 31.2 Å². The Balaban J connectivity index is 1.62. The second-order valence-electron chi connectivity index (χ2n) is 8.55. The van der Waals surface area contributed by atoms with Crippen molar-refractivity contribution in [1.82, 2.24) is 10.2 Å². The zero-order valence-electron chi connectivity index (χ0n) is 17.6. The predicted molar refractivity (Wildman–Crippen MR) is 116 cm³/mol. The minimum Gasteiger partial charge on any atom is -0.480 e. The van der Waals surface area contributed by atoms with E-state index < -0.39 is 37.5 Å². The molecule has 1 heterocycles. The van der Waals surface area contributed by atoms with Crippen molar-refractivity contribution in [3.63, 3.8) is 0 Å². The Hall–Kier alpha value is -2.18. The van der Waals surface area contributed by atoms with Gasteiger partial charge in [-0.1, -0.05) is 43.2 Å². The molecule has 0 radical (unpaired) electrons. The van der Waals surface area contributed by atoms with Gasteiger partial charge in [-0.3, -0.25) is 14.2 Å². The Kier molecular flexibility index (Phi) is 7.89. The van der Waals surface area contributed by atoms with Crippen molar-refractivity contribution < 1.29 is 28.9 Å². The van der Waals surface area contributed by atoms with Crippen LogP contribution in [-0.4, -0.2) is 57.6 Å². The monoisotopic (exact) mass is 450 g/mol. The van der Waals surface area contributed by atoms with Crippen molar-refractivity contribution in [2.45, 2.75) is 57.0 Å². The van der Waals surface area contributed by atoms with Crippen molar-refractivity contribution in [3.8, 4) is 0 Å². The Morgan fingerprint density at radius 1 is 1.10 bits per heavy atom. The maximum Gasteiger partial charge on any atom is 0.326 e. The average molecular weight is 450 g/mol. The predicted octanol–water partition coefficient (Wildman–Crippen LogP) is 2.77. The maximum atomic E-state index is 12.8. The van der Waals surface area contributed by atoms with Gasteiger partial charge in [-0.25, -0.2) is 4.79 Å². The number of hydrogen-bond donors (Lipinski definition) is 3. The molecule has 0 bridgehead atoms. The minimum absolute atomic E-state index is 0.0168. The van der Waals surface area contributed by atoms with Gasteiger partial charge in [0, 0.05) is 18.6 Å². The molecule has 1 aliphatic heterocycles. The van der Waals surface area contributed by atoms with Crippen LogP contribution in [0, 0.1) is 5.92 Å². The summed E-state index contributed by atoms with van der Waals surface area (Å²) in [7, 11) is -3.84. The van der Waals surface area contributed by atoms with Gasteiger partial charge in [-0.05, 0) is 37.7 Å². The van der Waals surface area contributed by atoms with E-state index in [4.69, 9.17) is 0 Å². The first kappa shape index (κ1) is 23.5. The van der Waals surface area contributed by atoms with Gasteiger partial charge in [0.1, 0.15) is 12.2 Å². The quantitative estimate of drug-likeness (QED) is 0.497. The van der Waals surface area contributed by atoms with E-state index in [1.54, 1.807) is 0 Å². The van der Waals surface area contributed by atoms with E-state index >= 15 is 0 Å². The molecule has 0 aromatic heterocycles. The summed E-state index contributed by atoms with van der Waals surface area (Å²) in [5, 5.41) is 12.3. The number of carbonyl (C=O) groups excluding carboxylic acids is 2. The van der Waals surface area contributed by atoms with Gasteiger partial charge in [0.05, 0.1) is 6.04 Å². The largest absolute Gasteiger partial charge is 0.480 e. The van der Waals surface area contributed by atoms with Gasteiger partial charge in [0.2, 0.25) is 19.2 Å². The molecule has 9 heteroatoms. The van der Waals surface area contributed by atoms with Gasteiger partial charge >= 0.3 is 5.97 Å². The summed E-state index contributed by atoms with van der Waals surface area (Å²) in [5.74, 6) is -1.73. The summed E-state index contributed by atoms with van der Waals surface area (Å²) in [6.07, 6.45) is 4.25. The fourth-order valence-electron chi connectivity index (χ4n) is 4.52. The molecule has 3 atom stereocenters. The normalized spacial score (nSPS) is 22.1. The highest BCUT2D eigenvalue weighted by molar-refractivity contribution is 7.58. The van der Waals surface area contributed by atoms with E-state index in [0.29, 0.717) is 19.4 Å². The Labute approximate surface area is 182 Å². The standard InChI is InChI=1S/C22H31N2O6P/c25-20(24-13-6-11-19(24)22(27)28)15-31(29,30)14-12-18(16-7-2-1-3-8-16)23-21(26)17-9-4-5-10-17/h1-3,7-8,17-19H,4-6,9-15H2,(H,23,26)(H,27,28)(H,29,30)/t18?,19-/m0/s1. The molecule has 2 unspecified atom stereocenters. The highest BCUT2D eigenvalue weighted by Gasteiger charge is 2.37. The molecular weight excluding hydrogens is 419 g/mol. The number of nitrogens with zero attached hydrogens (tertiary/aromatic N) is 1. The van der Waals surface area contributed by atoms with Crippen molar-refractivity contribution in [1.29, 1.82) is 0 Å². The van der Waals surface area contributed by atoms with Crippen LogP contribution in [0.5, 0.6) is 0 Å². The van der Waals surface area contributed by atoms with Crippen LogP contribution >= 0.6 is 7.37 Å². The molecule has 3 N–H and O–H groups in total. The second-order valence-corrected chi connectivity index (χ2v) is 11.0. The number of benzene rings is 1. The molecule has 2 fully saturated rings. The average Bonchev–Trinajstić information content (AvgIpc) is 3.43. The molecule has 1 saturated carbocycles. The van der Waals surface area contributed by atoms with Gasteiger partial charge in [0.25, 0.3) is 0 Å². The maximum absolute atomic E-state index is 12.8. The Morgan fingerprint density at radius 3 is 2.42 bits per heavy atom. The van der Waals surface area contributed by atoms with Crippen LogP contribution in [0.3, 0.4) is 0 Å². The van der Waals surface area contributed by atoms with Crippen LogP contribution in [0.4, 0.5) is 0 Å². The lowest BCUT2D eigenvalue weighted by Gasteiger charge is -2.25. The summed E-state index contributed by atoms with van der Waals surface area (Å²) in [4.78, 5) is 48.1. The number of amides is 2. The lowest BCUT2D eigenvalue weighted by atomic mass is 10.0. The molecule has 0 spiro atoms. The molecule has 2 amide bonds. The number of carbonyl (C=O) groups is 3. The first-order valence-corrected chi connectivity index (χ1v) is 13.0. The van der Waals surface area contributed by atoms with Gasteiger partial charge in [-0.15, -0.1) is 0 Å². The zero-order chi connectivity index (χ0) is 22.4. The van der Waals surface area contributed by atoms with Gasteiger partial charge < -0.3 is 20.2 Å². The molecule has 170 valence electrons. The molecule has 1 aromatic rings. The zero-order valence-corrected chi connectivity index (χ0v) is 18.5. The van der Waals surface area contributed by atoms with Crippen LogP contribution in [0.15, 0.2) is 30.3 Å². The third-order valence-electron chi connectivity index (χ3n) is 6.25. The molecule has 1 aliphatic carbocycles. The molecular formula is C22H31N2O6P. The highest BCUT2D eigenvalue weighted by atomic mass is 31.2. The number of likely N-dealkylation sites (tertiary alicyclic amines) is 1. The van der Waals surface area contributed by atoms with Crippen LogP contribution in [0.25, 0.3) is 0 Å². The summed E-state index contributed by atoms with van der Waals surface area (Å²) in [6, 6.07) is 7.98. The van der Waals surface area contributed by atoms with Crippen molar-refractivity contribution in [3.05, 3.63) is 35.9 Å². The van der Waals surface area contributed by atoms with Crippen molar-refractivity contribution in [2.24, 2.45) is 5.92 Å². The summed E-state index contributed by atoms with van der Waals surface area (Å²) < 4.78 is 12.8. The number of rotatable bonds is 9. The molecule has 31 heavy (non-hydrogen) atoms. The smallest absolute Gasteiger partial charge is 0.326 e. The van der Waals surface area contributed by atoms with Gasteiger partial charge in [-0.2, -0.15) is 0 Å². The number of aliphatic carboxylic acids is 1. The van der Waals surface area contributed by atoms with Crippen molar-refractivity contribution in [2.75, 3.05) is 18.9 Å². The number of nitrogens with one attached hydrogen (secondary N) is 1. The van der Waals surface area contributed by atoms with Crippen LogP contribution in [-0.2, 0) is 18.9 Å². The number of carboxylic acid groups (broad SMARTS) is 1. The number of carboxylic acids is 1. The second kappa shape index (κ2) is 10.4. The van der Waals surface area contributed by atoms with E-state index in [9.17, 15) is 28.9 Å². The minimum atomic E-state index is -3.84. The molecule has 1 aromatic carbocycles. The first-order chi connectivity index (χ1) is 14.8. The Morgan fingerprint density at radius 2 is 1.77 bits per heavy atom. The lowest BCUT2D eigenvalue weighted by Crippen LogP contribution is -2.41. The number of hydrogen-bond acceptors (Lipinski definition) is 4. The van der Waals surface area contributed by atoms with E-state index in [-0.39, 0.29) is 24.4 Å². The Bertz CT molecular complexity index is 840. The molecule has 8 nitrogen and oxygen atoms in total. The molecule has 2 aliphatic rings. The van der Waals surface area contributed by atoms with Crippen LogP contribution in [0.2, 0.25) is 0 Å². The first-order valence-electron chi connectivity index (χ1n) is 11.0. The van der Waals surface area contributed by atoms with Crippen molar-refractivity contribution >= 4 is 25.2 Å². The van der Waals surface area contributed by atoms with Gasteiger partial charge in [0.15, 0.2) is 0 Å². The fourth-order valence-corrected chi connectivity index (χ4v) is 5.94. The topological polar surface area (TPSA) is 124 Å². The van der Waals surface area contributed by atoms with E-state index in [1.165, 1.54) is 4.90 Å². The van der Waals surface area contributed by atoms with Crippen LogP contribution in [0.1, 0.15) is 56.6 Å². The highest BCUT2D eigenvalue weighted by Crippen LogP contribution is 2.43. The molecule has 1 saturated heterocycles. The van der Waals surface area contributed by atoms with Crippen LogP contribution < -0.4 is 5.32 Å². The summed E-state index contributed by atoms with van der Waals surface area (Å²) in [6.45, 7) is 0.292. The fraction of sp³-hybridized carbons (Fsp3) is 0.591. The lowest BCUT2D eigenvalue weighted by molar-refractivity contribution is -0.147. The summed E-state index contributed by atoms with van der Waals surface area (Å²) in [5.41, 5.74) is 0.852. The SMILES string of the molecule is O=C(NC(CCP(=O)(O)CC(=O)N1CCC[C@H]1C(=O)O)c1ccccc1)C1CCCC1.